The number of aliphatic hydroxyl groups is 1. The van der Waals surface area contributed by atoms with Crippen molar-refractivity contribution in [2.45, 2.75) is 25.6 Å². The van der Waals surface area contributed by atoms with Crippen LogP contribution in [0.15, 0.2) is 4.52 Å². The molecule has 0 saturated heterocycles. The zero-order valence-electron chi connectivity index (χ0n) is 6.67. The van der Waals surface area contributed by atoms with Crippen LogP contribution in [0.4, 0.5) is 13.2 Å². The van der Waals surface area contributed by atoms with Crippen molar-refractivity contribution in [1.29, 1.82) is 0 Å². The van der Waals surface area contributed by atoms with Gasteiger partial charge in [0.05, 0.1) is 0 Å². The Morgan fingerprint density at radius 2 is 2.15 bits per heavy atom. The van der Waals surface area contributed by atoms with E-state index in [0.29, 0.717) is 0 Å². The highest BCUT2D eigenvalue weighted by Crippen LogP contribution is 2.20. The molecular formula is C6H7F3N2O2. The number of alkyl halides is 3. The van der Waals surface area contributed by atoms with Crippen LogP contribution in [0, 0.1) is 0 Å². The second kappa shape index (κ2) is 3.33. The predicted octanol–water partition coefficient (Wildman–Crippen LogP) is 1.23. The molecular weight excluding hydrogens is 189 g/mol. The normalized spacial score (nSPS) is 14.5. The van der Waals surface area contributed by atoms with Crippen molar-refractivity contribution >= 4 is 0 Å². The number of halogens is 3. The topological polar surface area (TPSA) is 59.2 Å². The van der Waals surface area contributed by atoms with E-state index in [0.717, 1.165) is 0 Å². The van der Waals surface area contributed by atoms with Crippen LogP contribution in [-0.2, 0) is 6.42 Å². The van der Waals surface area contributed by atoms with Gasteiger partial charge in [-0.2, -0.15) is 18.2 Å². The summed E-state index contributed by atoms with van der Waals surface area (Å²) in [5.41, 5.74) is 0. The first-order valence-electron chi connectivity index (χ1n) is 3.46. The Morgan fingerprint density at radius 3 is 2.54 bits per heavy atom. The standard InChI is InChI=1S/C6H7F3N2O2/c1-3(12)5-10-4(11-13-5)2-6(7,8)9/h3,12H,2H2,1H3. The third-order valence-corrected chi connectivity index (χ3v) is 1.20. The van der Waals surface area contributed by atoms with Crippen molar-refractivity contribution in [3.63, 3.8) is 0 Å². The Kier molecular flexibility index (Phi) is 2.55. The predicted molar refractivity (Wildman–Crippen MR) is 34.7 cm³/mol. The molecule has 13 heavy (non-hydrogen) atoms. The highest BCUT2D eigenvalue weighted by molar-refractivity contribution is 4.90. The van der Waals surface area contributed by atoms with E-state index in [1.165, 1.54) is 6.92 Å². The van der Waals surface area contributed by atoms with Crippen LogP contribution in [0.25, 0.3) is 0 Å². The highest BCUT2D eigenvalue weighted by atomic mass is 19.4. The first-order valence-corrected chi connectivity index (χ1v) is 3.46. The SMILES string of the molecule is CC(O)c1nc(CC(F)(F)F)no1. The van der Waals surface area contributed by atoms with Crippen LogP contribution in [-0.4, -0.2) is 21.4 Å². The third kappa shape index (κ3) is 3.02. The van der Waals surface area contributed by atoms with Crippen LogP contribution in [0.5, 0.6) is 0 Å². The number of nitrogens with zero attached hydrogens (tertiary/aromatic N) is 2. The maximum Gasteiger partial charge on any atom is 0.396 e. The van der Waals surface area contributed by atoms with E-state index in [2.05, 4.69) is 14.7 Å². The van der Waals surface area contributed by atoms with Gasteiger partial charge in [-0.1, -0.05) is 5.16 Å². The van der Waals surface area contributed by atoms with Crippen LogP contribution in [0.2, 0.25) is 0 Å². The van der Waals surface area contributed by atoms with Crippen molar-refractivity contribution in [3.05, 3.63) is 11.7 Å². The molecule has 0 spiro atoms. The number of aromatic nitrogens is 2. The van der Waals surface area contributed by atoms with Gasteiger partial charge in [0.25, 0.3) is 5.89 Å². The van der Waals surface area contributed by atoms with Gasteiger partial charge in [0.1, 0.15) is 12.5 Å². The summed E-state index contributed by atoms with van der Waals surface area (Å²) >= 11 is 0. The third-order valence-electron chi connectivity index (χ3n) is 1.20. The Hall–Kier alpha value is -1.11. The molecule has 1 atom stereocenters. The fraction of sp³-hybridized carbons (Fsp3) is 0.667. The van der Waals surface area contributed by atoms with Crippen molar-refractivity contribution in [1.82, 2.24) is 10.1 Å². The van der Waals surface area contributed by atoms with E-state index in [1.807, 2.05) is 0 Å². The maximum atomic E-state index is 11.8. The molecule has 7 heteroatoms. The van der Waals surface area contributed by atoms with E-state index in [-0.39, 0.29) is 5.89 Å². The molecule has 0 aliphatic rings. The van der Waals surface area contributed by atoms with E-state index in [4.69, 9.17) is 5.11 Å². The van der Waals surface area contributed by atoms with Crippen LogP contribution >= 0.6 is 0 Å². The number of hydrogen-bond acceptors (Lipinski definition) is 4. The van der Waals surface area contributed by atoms with Gasteiger partial charge in [-0.3, -0.25) is 0 Å². The molecule has 0 amide bonds. The van der Waals surface area contributed by atoms with Gasteiger partial charge in [-0.25, -0.2) is 0 Å². The van der Waals surface area contributed by atoms with Gasteiger partial charge in [-0.05, 0) is 6.92 Å². The Bertz CT molecular complexity index is 282. The molecule has 0 radical (unpaired) electrons. The summed E-state index contributed by atoms with van der Waals surface area (Å²) in [6.07, 6.45) is -6.65. The Labute approximate surface area is 71.4 Å². The molecule has 1 N–H and O–H groups in total. The van der Waals surface area contributed by atoms with Crippen molar-refractivity contribution < 1.29 is 22.8 Å². The van der Waals surface area contributed by atoms with Gasteiger partial charge in [0.15, 0.2) is 5.82 Å². The first-order chi connectivity index (χ1) is 5.88. The van der Waals surface area contributed by atoms with Crippen LogP contribution in [0.3, 0.4) is 0 Å². The lowest BCUT2D eigenvalue weighted by molar-refractivity contribution is -0.128. The number of aliphatic hydroxyl groups excluding tert-OH is 1. The highest BCUT2D eigenvalue weighted by Gasteiger charge is 2.30. The van der Waals surface area contributed by atoms with E-state index < -0.39 is 24.5 Å². The molecule has 74 valence electrons. The fourth-order valence-electron chi connectivity index (χ4n) is 0.688. The minimum absolute atomic E-state index is 0.209. The van der Waals surface area contributed by atoms with Crippen molar-refractivity contribution in [2.24, 2.45) is 0 Å². The van der Waals surface area contributed by atoms with Gasteiger partial charge >= 0.3 is 6.18 Å². The maximum absolute atomic E-state index is 11.8. The molecule has 4 nitrogen and oxygen atoms in total. The molecule has 0 aromatic carbocycles. The summed E-state index contributed by atoms with van der Waals surface area (Å²) < 4.78 is 39.7. The Morgan fingerprint density at radius 1 is 1.54 bits per heavy atom. The monoisotopic (exact) mass is 196 g/mol. The minimum atomic E-state index is -4.36. The molecule has 1 unspecified atom stereocenters. The second-order valence-electron chi connectivity index (χ2n) is 2.52. The molecule has 1 aromatic heterocycles. The quantitative estimate of drug-likeness (QED) is 0.772. The van der Waals surface area contributed by atoms with E-state index >= 15 is 0 Å². The van der Waals surface area contributed by atoms with Crippen LogP contribution in [0.1, 0.15) is 24.7 Å². The summed E-state index contributed by atoms with van der Waals surface area (Å²) in [4.78, 5) is 3.35. The fourth-order valence-corrected chi connectivity index (χ4v) is 0.688. The van der Waals surface area contributed by atoms with Crippen LogP contribution < -0.4 is 0 Å². The summed E-state index contributed by atoms with van der Waals surface area (Å²) in [6.45, 7) is 1.32. The largest absolute Gasteiger partial charge is 0.396 e. The summed E-state index contributed by atoms with van der Waals surface area (Å²) in [5, 5.41) is 11.9. The zero-order chi connectivity index (χ0) is 10.1. The molecule has 0 bridgehead atoms. The van der Waals surface area contributed by atoms with Gasteiger partial charge in [0, 0.05) is 0 Å². The van der Waals surface area contributed by atoms with Gasteiger partial charge in [-0.15, -0.1) is 0 Å². The summed E-state index contributed by atoms with van der Waals surface area (Å²) in [7, 11) is 0. The number of hydrogen-bond donors (Lipinski definition) is 1. The molecule has 0 saturated carbocycles. The second-order valence-corrected chi connectivity index (χ2v) is 2.52. The summed E-state index contributed by atoms with van der Waals surface area (Å²) in [6, 6.07) is 0. The summed E-state index contributed by atoms with van der Waals surface area (Å²) in [5.74, 6) is -0.678. The van der Waals surface area contributed by atoms with E-state index in [1.54, 1.807) is 0 Å². The smallest absolute Gasteiger partial charge is 0.384 e. The molecule has 0 aliphatic carbocycles. The Balaban J connectivity index is 2.70. The van der Waals surface area contributed by atoms with Crippen molar-refractivity contribution in [3.8, 4) is 0 Å². The lowest BCUT2D eigenvalue weighted by atomic mass is 10.4. The van der Waals surface area contributed by atoms with Crippen molar-refractivity contribution in [2.75, 3.05) is 0 Å². The molecule has 1 aromatic rings. The van der Waals surface area contributed by atoms with Gasteiger partial charge < -0.3 is 9.63 Å². The molecule has 1 heterocycles. The molecule has 0 fully saturated rings. The molecule has 1 rings (SSSR count). The lowest BCUT2D eigenvalue weighted by Crippen LogP contribution is -2.12. The average molecular weight is 196 g/mol. The lowest BCUT2D eigenvalue weighted by Gasteiger charge is -1.99. The zero-order valence-corrected chi connectivity index (χ0v) is 6.67. The minimum Gasteiger partial charge on any atom is -0.384 e. The average Bonchev–Trinajstić information content (AvgIpc) is 2.31. The first kappa shape index (κ1) is 9.97. The van der Waals surface area contributed by atoms with Gasteiger partial charge in [0.2, 0.25) is 0 Å². The number of rotatable bonds is 2. The molecule has 0 aliphatic heterocycles. The van der Waals surface area contributed by atoms with E-state index in [9.17, 15) is 13.2 Å².